The third-order valence-electron chi connectivity index (χ3n) is 3.55. The van der Waals surface area contributed by atoms with Crippen LogP contribution in [-0.2, 0) is 6.42 Å². The number of ether oxygens (including phenoxy) is 1. The fraction of sp³-hybridized carbons (Fsp3) is 0.0500. The average molecular weight is 372 g/mol. The van der Waals surface area contributed by atoms with Gasteiger partial charge < -0.3 is 4.74 Å². The Morgan fingerprint density at radius 2 is 1.56 bits per heavy atom. The lowest BCUT2D eigenvalue weighted by Gasteiger charge is -2.12. The normalized spacial score (nSPS) is 10.3. The van der Waals surface area contributed by atoms with E-state index in [1.54, 1.807) is 42.5 Å². The molecule has 0 atom stereocenters. The maximum atomic E-state index is 12.2. The predicted molar refractivity (Wildman–Crippen MR) is 102 cm³/mol. The summed E-state index contributed by atoms with van der Waals surface area (Å²) < 4.78 is 5.47. The van der Waals surface area contributed by atoms with Crippen LogP contribution in [0.5, 0.6) is 5.75 Å². The molecule has 0 fully saturated rings. The van der Waals surface area contributed by atoms with Crippen molar-refractivity contribution in [2.45, 2.75) is 6.42 Å². The first kappa shape index (κ1) is 17.3. The molecular formula is C20H15Cl2NO2. The number of nitrogens with one attached hydrogen (secondary N) is 1. The minimum Gasteiger partial charge on any atom is -0.410 e. The Hall–Kier alpha value is -2.49. The monoisotopic (exact) mass is 371 g/mol. The van der Waals surface area contributed by atoms with Crippen LogP contribution in [0, 0.1) is 0 Å². The molecule has 5 heteroatoms. The van der Waals surface area contributed by atoms with Gasteiger partial charge in [0.15, 0.2) is 0 Å². The molecule has 0 aliphatic rings. The minimum atomic E-state index is -0.570. The summed E-state index contributed by atoms with van der Waals surface area (Å²) in [5, 5.41) is 3.86. The molecule has 0 aromatic heterocycles. The van der Waals surface area contributed by atoms with Gasteiger partial charge in [-0.2, -0.15) is 0 Å². The van der Waals surface area contributed by atoms with Crippen molar-refractivity contribution in [1.29, 1.82) is 0 Å². The first-order chi connectivity index (χ1) is 12.1. The van der Waals surface area contributed by atoms with Crippen LogP contribution in [0.15, 0.2) is 72.8 Å². The summed E-state index contributed by atoms with van der Waals surface area (Å²) in [7, 11) is 0. The van der Waals surface area contributed by atoms with Crippen molar-refractivity contribution in [3.05, 3.63) is 94.0 Å². The van der Waals surface area contributed by atoms with Gasteiger partial charge in [-0.25, -0.2) is 4.79 Å². The summed E-state index contributed by atoms with van der Waals surface area (Å²) in [5.74, 6) is 0.472. The van der Waals surface area contributed by atoms with E-state index < -0.39 is 6.09 Å². The van der Waals surface area contributed by atoms with Gasteiger partial charge in [0, 0.05) is 27.7 Å². The number of rotatable bonds is 4. The van der Waals surface area contributed by atoms with E-state index in [4.69, 9.17) is 27.9 Å². The van der Waals surface area contributed by atoms with Crippen LogP contribution >= 0.6 is 23.2 Å². The standard InChI is InChI=1S/C20H15Cl2NO2/c21-16-6-9-18(10-7-16)23-20(24)25-19-11-8-17(22)13-15(19)12-14-4-2-1-3-5-14/h1-11,13H,12H2,(H,23,24). The first-order valence-corrected chi connectivity index (χ1v) is 8.42. The molecule has 25 heavy (non-hydrogen) atoms. The highest BCUT2D eigenvalue weighted by molar-refractivity contribution is 6.31. The molecular weight excluding hydrogens is 357 g/mol. The number of hydrogen-bond donors (Lipinski definition) is 1. The van der Waals surface area contributed by atoms with Gasteiger partial charge in [0.05, 0.1) is 0 Å². The van der Waals surface area contributed by atoms with Gasteiger partial charge in [0.2, 0.25) is 0 Å². The number of anilines is 1. The highest BCUT2D eigenvalue weighted by atomic mass is 35.5. The molecule has 0 bridgehead atoms. The van der Waals surface area contributed by atoms with Crippen LogP contribution in [0.3, 0.4) is 0 Å². The molecule has 3 aromatic rings. The summed E-state index contributed by atoms with van der Waals surface area (Å²) in [6.45, 7) is 0. The molecule has 3 nitrogen and oxygen atoms in total. The molecule has 1 amide bonds. The average Bonchev–Trinajstić information content (AvgIpc) is 2.60. The van der Waals surface area contributed by atoms with Gasteiger partial charge in [0.1, 0.15) is 5.75 Å². The molecule has 0 unspecified atom stereocenters. The molecule has 0 aliphatic carbocycles. The summed E-state index contributed by atoms with van der Waals surface area (Å²) in [5.41, 5.74) is 2.55. The van der Waals surface area contributed by atoms with E-state index in [9.17, 15) is 4.79 Å². The van der Waals surface area contributed by atoms with Crippen molar-refractivity contribution < 1.29 is 9.53 Å². The van der Waals surface area contributed by atoms with Gasteiger partial charge in [-0.3, -0.25) is 5.32 Å². The summed E-state index contributed by atoms with van der Waals surface area (Å²) in [6.07, 6.45) is 0.0456. The maximum absolute atomic E-state index is 12.2. The molecule has 126 valence electrons. The lowest BCUT2D eigenvalue weighted by Crippen LogP contribution is -2.17. The quantitative estimate of drug-likeness (QED) is 0.593. The van der Waals surface area contributed by atoms with Gasteiger partial charge in [-0.1, -0.05) is 53.5 Å². The summed E-state index contributed by atoms with van der Waals surface area (Å²) >= 11 is 11.9. The molecule has 0 saturated carbocycles. The van der Waals surface area contributed by atoms with Crippen LogP contribution < -0.4 is 10.1 Å². The van der Waals surface area contributed by atoms with Gasteiger partial charge in [-0.15, -0.1) is 0 Å². The summed E-state index contributed by atoms with van der Waals surface area (Å²) in [6, 6.07) is 21.9. The zero-order valence-electron chi connectivity index (χ0n) is 13.2. The van der Waals surface area contributed by atoms with Crippen molar-refractivity contribution in [3.63, 3.8) is 0 Å². The van der Waals surface area contributed by atoms with Crippen LogP contribution in [-0.4, -0.2) is 6.09 Å². The molecule has 1 N–H and O–H groups in total. The van der Waals surface area contributed by atoms with E-state index in [0.717, 1.165) is 11.1 Å². The Morgan fingerprint density at radius 1 is 0.880 bits per heavy atom. The Morgan fingerprint density at radius 3 is 2.28 bits per heavy atom. The third-order valence-corrected chi connectivity index (χ3v) is 4.04. The number of carbonyl (C=O) groups is 1. The van der Waals surface area contributed by atoms with Crippen LogP contribution in [0.1, 0.15) is 11.1 Å². The molecule has 0 aliphatic heterocycles. The second-order valence-corrected chi connectivity index (χ2v) is 6.31. The number of carbonyl (C=O) groups excluding carboxylic acids is 1. The Bertz CT molecular complexity index is 865. The number of hydrogen-bond acceptors (Lipinski definition) is 2. The number of benzene rings is 3. The topological polar surface area (TPSA) is 38.3 Å². The van der Waals surface area contributed by atoms with Crippen LogP contribution in [0.4, 0.5) is 10.5 Å². The van der Waals surface area contributed by atoms with E-state index in [1.807, 2.05) is 30.3 Å². The van der Waals surface area contributed by atoms with E-state index in [0.29, 0.717) is 27.9 Å². The molecule has 3 aromatic carbocycles. The molecule has 0 radical (unpaired) electrons. The zero-order chi connectivity index (χ0) is 17.6. The van der Waals surface area contributed by atoms with E-state index >= 15 is 0 Å². The van der Waals surface area contributed by atoms with Crippen molar-refractivity contribution >= 4 is 35.0 Å². The van der Waals surface area contributed by atoms with E-state index in [2.05, 4.69) is 5.32 Å². The zero-order valence-corrected chi connectivity index (χ0v) is 14.7. The van der Waals surface area contributed by atoms with E-state index in [-0.39, 0.29) is 0 Å². The smallest absolute Gasteiger partial charge is 0.410 e. The maximum Gasteiger partial charge on any atom is 0.417 e. The van der Waals surface area contributed by atoms with E-state index in [1.165, 1.54) is 0 Å². The molecule has 0 spiro atoms. The summed E-state index contributed by atoms with van der Waals surface area (Å²) in [4.78, 5) is 12.2. The fourth-order valence-corrected chi connectivity index (χ4v) is 2.70. The Kier molecular flexibility index (Phi) is 5.59. The molecule has 0 saturated heterocycles. The Balaban J connectivity index is 1.75. The predicted octanol–water partition coefficient (Wildman–Crippen LogP) is 6.20. The number of halogens is 2. The third kappa shape index (κ3) is 4.99. The second-order valence-electron chi connectivity index (χ2n) is 5.44. The second kappa shape index (κ2) is 8.06. The van der Waals surface area contributed by atoms with Crippen molar-refractivity contribution in [1.82, 2.24) is 0 Å². The highest BCUT2D eigenvalue weighted by Gasteiger charge is 2.11. The van der Waals surface area contributed by atoms with Gasteiger partial charge in [-0.05, 0) is 48.0 Å². The van der Waals surface area contributed by atoms with Crippen LogP contribution in [0.25, 0.3) is 0 Å². The van der Waals surface area contributed by atoms with Crippen molar-refractivity contribution in [2.75, 3.05) is 5.32 Å². The Labute approximate surface area is 156 Å². The minimum absolute atomic E-state index is 0.472. The van der Waals surface area contributed by atoms with Crippen molar-refractivity contribution in [3.8, 4) is 5.75 Å². The van der Waals surface area contributed by atoms with Crippen LogP contribution in [0.2, 0.25) is 10.0 Å². The molecule has 0 heterocycles. The van der Waals surface area contributed by atoms with Gasteiger partial charge >= 0.3 is 6.09 Å². The first-order valence-electron chi connectivity index (χ1n) is 7.67. The SMILES string of the molecule is O=C(Nc1ccc(Cl)cc1)Oc1ccc(Cl)cc1Cc1ccccc1. The largest absolute Gasteiger partial charge is 0.417 e. The van der Waals surface area contributed by atoms with Gasteiger partial charge in [0.25, 0.3) is 0 Å². The lowest BCUT2D eigenvalue weighted by atomic mass is 10.0. The highest BCUT2D eigenvalue weighted by Crippen LogP contribution is 2.26. The lowest BCUT2D eigenvalue weighted by molar-refractivity contribution is 0.215. The molecule has 3 rings (SSSR count). The number of amides is 1. The fourth-order valence-electron chi connectivity index (χ4n) is 2.38. The van der Waals surface area contributed by atoms with Crippen molar-refractivity contribution in [2.24, 2.45) is 0 Å².